The summed E-state index contributed by atoms with van der Waals surface area (Å²) in [7, 11) is 0. The number of likely N-dealkylation sites (tertiary alicyclic amines) is 1. The van der Waals surface area contributed by atoms with Gasteiger partial charge in [-0.15, -0.1) is 11.3 Å². The Morgan fingerprint density at radius 3 is 2.78 bits per heavy atom. The number of ether oxygens (including phenoxy) is 1. The Kier molecular flexibility index (Phi) is 6.58. The molecule has 2 aromatic rings. The fourth-order valence-corrected chi connectivity index (χ4v) is 3.86. The number of rotatable bonds is 6. The second kappa shape index (κ2) is 9.10. The van der Waals surface area contributed by atoms with Gasteiger partial charge in [0.15, 0.2) is 0 Å². The van der Waals surface area contributed by atoms with Crippen LogP contribution in [0.3, 0.4) is 0 Å². The van der Waals surface area contributed by atoms with Crippen LogP contribution in [0.15, 0.2) is 29.6 Å². The monoisotopic (exact) mass is 387 g/mol. The topological polar surface area (TPSA) is 71.5 Å². The molecule has 0 spiro atoms. The third kappa shape index (κ3) is 5.37. The lowest BCUT2D eigenvalue weighted by atomic mass is 9.97. The van der Waals surface area contributed by atoms with E-state index in [1.54, 1.807) is 11.3 Å². The van der Waals surface area contributed by atoms with E-state index in [0.29, 0.717) is 13.2 Å². The van der Waals surface area contributed by atoms with E-state index in [-0.39, 0.29) is 17.8 Å². The molecule has 6 nitrogen and oxygen atoms in total. The minimum absolute atomic E-state index is 0.0393. The molecule has 0 aliphatic carbocycles. The Balaban J connectivity index is 1.51. The first-order valence-corrected chi connectivity index (χ1v) is 10.1. The number of thiazole rings is 1. The summed E-state index contributed by atoms with van der Waals surface area (Å²) in [6.07, 6.45) is 1.48. The van der Waals surface area contributed by atoms with Crippen molar-refractivity contribution in [2.75, 3.05) is 31.6 Å². The normalized spacial score (nSPS) is 15.5. The number of amides is 1. The molecule has 1 amide bonds. The van der Waals surface area contributed by atoms with Crippen molar-refractivity contribution in [2.45, 2.75) is 26.7 Å². The van der Waals surface area contributed by atoms with Gasteiger partial charge in [-0.05, 0) is 51.9 Å². The van der Waals surface area contributed by atoms with Gasteiger partial charge in [0.25, 0.3) is 0 Å². The number of esters is 1. The predicted octanol–water partition coefficient (Wildman–Crippen LogP) is 3.33. The molecule has 0 radical (unpaired) electrons. The number of benzene rings is 1. The van der Waals surface area contributed by atoms with Gasteiger partial charge >= 0.3 is 5.97 Å². The third-order valence-electron chi connectivity index (χ3n) is 4.64. The molecule has 1 aromatic heterocycles. The van der Waals surface area contributed by atoms with E-state index in [0.717, 1.165) is 47.9 Å². The van der Waals surface area contributed by atoms with E-state index in [4.69, 9.17) is 4.74 Å². The SMILES string of the molecule is CCOC(=O)C1CCN(CC(=O)Nc2cccc(-c3csc(C)n3)c2)CC1. The van der Waals surface area contributed by atoms with Gasteiger partial charge in [0.2, 0.25) is 5.91 Å². The first-order valence-electron chi connectivity index (χ1n) is 9.26. The Bertz CT molecular complexity index is 797. The first-order chi connectivity index (χ1) is 13.0. The smallest absolute Gasteiger partial charge is 0.309 e. The summed E-state index contributed by atoms with van der Waals surface area (Å²) >= 11 is 1.61. The predicted molar refractivity (Wildman–Crippen MR) is 107 cm³/mol. The maximum Gasteiger partial charge on any atom is 0.309 e. The molecule has 0 unspecified atom stereocenters. The molecule has 27 heavy (non-hydrogen) atoms. The lowest BCUT2D eigenvalue weighted by Gasteiger charge is -2.30. The summed E-state index contributed by atoms with van der Waals surface area (Å²) in [6.45, 7) is 6.01. The van der Waals surface area contributed by atoms with Crippen molar-refractivity contribution in [3.05, 3.63) is 34.7 Å². The zero-order valence-electron chi connectivity index (χ0n) is 15.7. The van der Waals surface area contributed by atoms with E-state index < -0.39 is 0 Å². The minimum Gasteiger partial charge on any atom is -0.466 e. The Hall–Kier alpha value is -2.25. The molecule has 7 heteroatoms. The summed E-state index contributed by atoms with van der Waals surface area (Å²) in [4.78, 5) is 30.8. The fraction of sp³-hybridized carbons (Fsp3) is 0.450. The largest absolute Gasteiger partial charge is 0.466 e. The number of anilines is 1. The van der Waals surface area contributed by atoms with Crippen molar-refractivity contribution >= 4 is 28.9 Å². The van der Waals surface area contributed by atoms with Crippen molar-refractivity contribution in [2.24, 2.45) is 5.92 Å². The molecule has 0 saturated carbocycles. The molecule has 1 aromatic carbocycles. The molecule has 0 atom stereocenters. The molecule has 3 rings (SSSR count). The highest BCUT2D eigenvalue weighted by molar-refractivity contribution is 7.09. The van der Waals surface area contributed by atoms with Gasteiger partial charge in [0.05, 0.1) is 29.8 Å². The minimum atomic E-state index is -0.115. The third-order valence-corrected chi connectivity index (χ3v) is 5.41. The van der Waals surface area contributed by atoms with Crippen molar-refractivity contribution in [1.82, 2.24) is 9.88 Å². The highest BCUT2D eigenvalue weighted by Crippen LogP contribution is 2.24. The summed E-state index contributed by atoms with van der Waals surface area (Å²) in [5.74, 6) is -0.200. The Morgan fingerprint density at radius 2 is 2.11 bits per heavy atom. The molecule has 144 valence electrons. The van der Waals surface area contributed by atoms with E-state index in [9.17, 15) is 9.59 Å². The summed E-state index contributed by atoms with van der Waals surface area (Å²) < 4.78 is 5.08. The zero-order valence-corrected chi connectivity index (χ0v) is 16.6. The van der Waals surface area contributed by atoms with Crippen molar-refractivity contribution in [3.63, 3.8) is 0 Å². The van der Waals surface area contributed by atoms with Crippen LogP contribution >= 0.6 is 11.3 Å². The number of piperidine rings is 1. The average Bonchev–Trinajstić information content (AvgIpc) is 3.09. The molecule has 1 aliphatic rings. The van der Waals surface area contributed by atoms with E-state index in [1.807, 2.05) is 43.5 Å². The second-order valence-electron chi connectivity index (χ2n) is 6.68. The summed E-state index contributed by atoms with van der Waals surface area (Å²) in [5, 5.41) is 6.00. The van der Waals surface area contributed by atoms with Gasteiger partial charge in [-0.25, -0.2) is 4.98 Å². The Morgan fingerprint density at radius 1 is 1.33 bits per heavy atom. The number of aromatic nitrogens is 1. The fourth-order valence-electron chi connectivity index (χ4n) is 3.24. The lowest BCUT2D eigenvalue weighted by Crippen LogP contribution is -2.41. The van der Waals surface area contributed by atoms with Crippen LogP contribution in [0.2, 0.25) is 0 Å². The molecule has 2 heterocycles. The molecule has 1 aliphatic heterocycles. The van der Waals surface area contributed by atoms with E-state index in [1.165, 1.54) is 0 Å². The van der Waals surface area contributed by atoms with E-state index in [2.05, 4.69) is 15.2 Å². The van der Waals surface area contributed by atoms with Gasteiger partial charge in [0.1, 0.15) is 0 Å². The number of carbonyl (C=O) groups excluding carboxylic acids is 2. The van der Waals surface area contributed by atoms with Crippen molar-refractivity contribution < 1.29 is 14.3 Å². The second-order valence-corrected chi connectivity index (χ2v) is 7.75. The molecule has 1 saturated heterocycles. The van der Waals surface area contributed by atoms with E-state index >= 15 is 0 Å². The van der Waals surface area contributed by atoms with Gasteiger partial charge in [-0.2, -0.15) is 0 Å². The summed E-state index contributed by atoms with van der Waals surface area (Å²) in [5.41, 5.74) is 2.69. The van der Waals surface area contributed by atoms with Crippen LogP contribution in [0, 0.1) is 12.8 Å². The molecular weight excluding hydrogens is 362 g/mol. The van der Waals surface area contributed by atoms with Gasteiger partial charge in [0, 0.05) is 16.6 Å². The van der Waals surface area contributed by atoms with Crippen molar-refractivity contribution in [3.8, 4) is 11.3 Å². The van der Waals surface area contributed by atoms with Gasteiger partial charge in [-0.3, -0.25) is 14.5 Å². The lowest BCUT2D eigenvalue weighted by molar-refractivity contribution is -0.149. The number of hydrogen-bond donors (Lipinski definition) is 1. The van der Waals surface area contributed by atoms with Crippen LogP contribution < -0.4 is 5.32 Å². The maximum atomic E-state index is 12.4. The average molecular weight is 388 g/mol. The number of carbonyl (C=O) groups is 2. The standard InChI is InChI=1S/C20H25N3O3S/c1-3-26-20(25)15-7-9-23(10-8-15)12-19(24)22-17-6-4-5-16(11-17)18-13-27-14(2)21-18/h4-6,11,13,15H,3,7-10,12H2,1-2H3,(H,22,24). The van der Waals surface area contributed by atoms with Crippen LogP contribution in [0.25, 0.3) is 11.3 Å². The quantitative estimate of drug-likeness (QED) is 0.770. The van der Waals surface area contributed by atoms with Crippen LogP contribution in [-0.4, -0.2) is 48.0 Å². The highest BCUT2D eigenvalue weighted by Gasteiger charge is 2.26. The molecular formula is C20H25N3O3S. The summed E-state index contributed by atoms with van der Waals surface area (Å²) in [6, 6.07) is 7.74. The molecule has 0 bridgehead atoms. The van der Waals surface area contributed by atoms with Crippen LogP contribution in [-0.2, 0) is 14.3 Å². The van der Waals surface area contributed by atoms with Crippen LogP contribution in [0.1, 0.15) is 24.8 Å². The zero-order chi connectivity index (χ0) is 19.2. The number of aryl methyl sites for hydroxylation is 1. The molecule has 1 fully saturated rings. The first kappa shape index (κ1) is 19.5. The Labute approximate surface area is 163 Å². The number of nitrogens with one attached hydrogen (secondary N) is 1. The van der Waals surface area contributed by atoms with Crippen LogP contribution in [0.4, 0.5) is 5.69 Å². The molecule has 1 N–H and O–H groups in total. The van der Waals surface area contributed by atoms with Crippen molar-refractivity contribution in [1.29, 1.82) is 0 Å². The number of nitrogens with zero attached hydrogens (tertiary/aromatic N) is 2. The van der Waals surface area contributed by atoms with Crippen LogP contribution in [0.5, 0.6) is 0 Å². The maximum absolute atomic E-state index is 12.4. The number of hydrogen-bond acceptors (Lipinski definition) is 6. The van der Waals surface area contributed by atoms with Gasteiger partial charge < -0.3 is 10.1 Å². The van der Waals surface area contributed by atoms with Gasteiger partial charge in [-0.1, -0.05) is 12.1 Å². The highest BCUT2D eigenvalue weighted by atomic mass is 32.1.